The Morgan fingerprint density at radius 2 is 1.94 bits per heavy atom. The molecule has 0 atom stereocenters. The van der Waals surface area contributed by atoms with E-state index < -0.39 is 4.92 Å². The number of hydrogen-bond acceptors (Lipinski definition) is 9. The molecule has 0 radical (unpaired) electrons. The van der Waals surface area contributed by atoms with Crippen LogP contribution >= 0.6 is 23.2 Å². The standard InChI is InChI=1S/C21H19Cl2N9O2/c22-12-1-2-13(15(23)9-12)19-14(21-27-7-8-28-21)10-29-18(30-19)11-25-5-6-26-17-4-3-16(32(33)34)20(24)31-17/h1-4,7-10,25H,5-6,11H2,(H,27,28)(H3,24,26,31). The van der Waals surface area contributed by atoms with Crippen LogP contribution in [0.4, 0.5) is 17.3 Å². The third kappa shape index (κ3) is 5.39. The van der Waals surface area contributed by atoms with Crippen LogP contribution in [0, 0.1) is 10.1 Å². The van der Waals surface area contributed by atoms with Gasteiger partial charge in [-0.25, -0.2) is 19.9 Å². The van der Waals surface area contributed by atoms with Crippen LogP contribution in [0.5, 0.6) is 0 Å². The van der Waals surface area contributed by atoms with Gasteiger partial charge in [0.15, 0.2) is 0 Å². The van der Waals surface area contributed by atoms with Crippen molar-refractivity contribution in [2.45, 2.75) is 6.54 Å². The number of aromatic nitrogens is 5. The van der Waals surface area contributed by atoms with Gasteiger partial charge in [0.05, 0.1) is 27.7 Å². The van der Waals surface area contributed by atoms with E-state index in [9.17, 15) is 10.1 Å². The number of nitrogens with zero attached hydrogens (tertiary/aromatic N) is 5. The van der Waals surface area contributed by atoms with Crippen molar-refractivity contribution < 1.29 is 4.92 Å². The molecule has 0 bridgehead atoms. The third-order valence-corrected chi connectivity index (χ3v) is 5.32. The van der Waals surface area contributed by atoms with Crippen LogP contribution < -0.4 is 16.4 Å². The van der Waals surface area contributed by atoms with E-state index in [1.807, 2.05) is 6.07 Å². The minimum atomic E-state index is -0.573. The van der Waals surface area contributed by atoms with E-state index in [0.29, 0.717) is 64.0 Å². The van der Waals surface area contributed by atoms with E-state index in [1.165, 1.54) is 12.1 Å². The number of aromatic amines is 1. The molecule has 4 rings (SSSR count). The second-order valence-electron chi connectivity index (χ2n) is 7.07. The predicted octanol–water partition coefficient (Wildman–Crippen LogP) is 3.93. The Bertz CT molecular complexity index is 1320. The summed E-state index contributed by atoms with van der Waals surface area (Å²) in [6, 6.07) is 8.04. The van der Waals surface area contributed by atoms with Gasteiger partial charge in [-0.3, -0.25) is 10.1 Å². The van der Waals surface area contributed by atoms with Crippen molar-refractivity contribution in [1.82, 2.24) is 30.2 Å². The van der Waals surface area contributed by atoms with Crippen molar-refractivity contribution in [3.63, 3.8) is 0 Å². The lowest BCUT2D eigenvalue weighted by Gasteiger charge is -2.12. The summed E-state index contributed by atoms with van der Waals surface area (Å²) in [5, 5.41) is 18.1. The van der Waals surface area contributed by atoms with E-state index in [-0.39, 0.29) is 11.5 Å². The SMILES string of the molecule is Nc1nc(NCCNCc2ncc(-c3ncc[nH]3)c(-c3ccc(Cl)cc3Cl)n2)ccc1[N+](=O)[O-]. The van der Waals surface area contributed by atoms with Gasteiger partial charge < -0.3 is 21.4 Å². The fraction of sp³-hybridized carbons (Fsp3) is 0.143. The summed E-state index contributed by atoms with van der Waals surface area (Å²) < 4.78 is 0. The van der Waals surface area contributed by atoms with Gasteiger partial charge in [0.25, 0.3) is 0 Å². The Balaban J connectivity index is 1.43. The van der Waals surface area contributed by atoms with Crippen molar-refractivity contribution in [2.24, 2.45) is 0 Å². The maximum absolute atomic E-state index is 10.8. The van der Waals surface area contributed by atoms with Gasteiger partial charge in [-0.1, -0.05) is 23.2 Å². The monoisotopic (exact) mass is 499 g/mol. The highest BCUT2D eigenvalue weighted by molar-refractivity contribution is 6.36. The molecule has 0 unspecified atom stereocenters. The highest BCUT2D eigenvalue weighted by Gasteiger charge is 2.16. The summed E-state index contributed by atoms with van der Waals surface area (Å²) >= 11 is 12.5. The Morgan fingerprint density at radius 3 is 2.65 bits per heavy atom. The lowest BCUT2D eigenvalue weighted by Crippen LogP contribution is -2.23. The van der Waals surface area contributed by atoms with Crippen LogP contribution in [0.25, 0.3) is 22.6 Å². The number of anilines is 2. The molecule has 4 aromatic rings. The summed E-state index contributed by atoms with van der Waals surface area (Å²) in [5.74, 6) is 1.50. The topological polar surface area (TPSA) is 161 Å². The van der Waals surface area contributed by atoms with E-state index in [1.54, 1.807) is 30.7 Å². The van der Waals surface area contributed by atoms with Crippen LogP contribution in [-0.2, 0) is 6.54 Å². The second kappa shape index (κ2) is 10.4. The molecule has 0 saturated heterocycles. The normalized spacial score (nSPS) is 10.9. The number of H-pyrrole nitrogens is 1. The zero-order valence-corrected chi connectivity index (χ0v) is 19.1. The number of imidazole rings is 1. The average molecular weight is 500 g/mol. The number of rotatable bonds is 9. The summed E-state index contributed by atoms with van der Waals surface area (Å²) in [6.45, 7) is 1.46. The van der Waals surface area contributed by atoms with Gasteiger partial charge in [0.1, 0.15) is 17.5 Å². The number of hydrogen-bond donors (Lipinski definition) is 4. The summed E-state index contributed by atoms with van der Waals surface area (Å²) in [5.41, 5.74) is 7.44. The number of halogens is 2. The van der Waals surface area contributed by atoms with E-state index in [0.717, 1.165) is 0 Å². The Kier molecular flexibility index (Phi) is 7.16. The molecular formula is C21H19Cl2N9O2. The third-order valence-electron chi connectivity index (χ3n) is 4.77. The van der Waals surface area contributed by atoms with Crippen LogP contribution in [-0.4, -0.2) is 42.9 Å². The van der Waals surface area contributed by atoms with E-state index >= 15 is 0 Å². The fourth-order valence-corrected chi connectivity index (χ4v) is 3.67. The molecule has 0 aliphatic rings. The van der Waals surface area contributed by atoms with Crippen molar-refractivity contribution in [3.05, 3.63) is 74.9 Å². The summed E-state index contributed by atoms with van der Waals surface area (Å²) in [6.07, 6.45) is 5.07. The van der Waals surface area contributed by atoms with Crippen molar-refractivity contribution in [3.8, 4) is 22.6 Å². The zero-order valence-electron chi connectivity index (χ0n) is 17.6. The van der Waals surface area contributed by atoms with Crippen molar-refractivity contribution in [1.29, 1.82) is 0 Å². The fourth-order valence-electron chi connectivity index (χ4n) is 3.18. The number of nitrogens with one attached hydrogen (secondary N) is 3. The molecule has 1 aromatic carbocycles. The quantitative estimate of drug-likeness (QED) is 0.152. The molecule has 0 aliphatic heterocycles. The van der Waals surface area contributed by atoms with Gasteiger partial charge in [-0.05, 0) is 24.3 Å². The maximum Gasteiger partial charge on any atom is 0.311 e. The van der Waals surface area contributed by atoms with Gasteiger partial charge in [0, 0.05) is 48.3 Å². The number of nitro groups is 1. The number of pyridine rings is 1. The molecule has 3 aromatic heterocycles. The smallest absolute Gasteiger partial charge is 0.311 e. The molecule has 174 valence electrons. The molecule has 0 fully saturated rings. The highest BCUT2D eigenvalue weighted by atomic mass is 35.5. The first-order valence-corrected chi connectivity index (χ1v) is 10.8. The molecular weight excluding hydrogens is 481 g/mol. The van der Waals surface area contributed by atoms with Gasteiger partial charge in [-0.15, -0.1) is 0 Å². The van der Waals surface area contributed by atoms with Crippen LogP contribution in [0.15, 0.2) is 48.9 Å². The lowest BCUT2D eigenvalue weighted by molar-refractivity contribution is -0.384. The first-order valence-electron chi connectivity index (χ1n) is 10.1. The molecule has 0 saturated carbocycles. The molecule has 5 N–H and O–H groups in total. The molecule has 11 nitrogen and oxygen atoms in total. The first-order chi connectivity index (χ1) is 16.4. The van der Waals surface area contributed by atoms with Gasteiger partial charge >= 0.3 is 5.69 Å². The highest BCUT2D eigenvalue weighted by Crippen LogP contribution is 2.34. The van der Waals surface area contributed by atoms with Crippen LogP contribution in [0.1, 0.15) is 5.82 Å². The molecule has 34 heavy (non-hydrogen) atoms. The van der Waals surface area contributed by atoms with Crippen molar-refractivity contribution >= 4 is 40.5 Å². The Labute approximate surface area is 203 Å². The maximum atomic E-state index is 10.8. The predicted molar refractivity (Wildman–Crippen MR) is 131 cm³/mol. The second-order valence-corrected chi connectivity index (χ2v) is 7.92. The number of nitrogen functional groups attached to an aromatic ring is 1. The van der Waals surface area contributed by atoms with Gasteiger partial charge in [-0.2, -0.15) is 0 Å². The Morgan fingerprint density at radius 1 is 1.09 bits per heavy atom. The average Bonchev–Trinajstić information content (AvgIpc) is 3.33. The van der Waals surface area contributed by atoms with Crippen molar-refractivity contribution in [2.75, 3.05) is 24.1 Å². The van der Waals surface area contributed by atoms with E-state index in [2.05, 4.69) is 30.6 Å². The summed E-state index contributed by atoms with van der Waals surface area (Å²) in [4.78, 5) is 30.8. The molecule has 13 heteroatoms. The zero-order chi connectivity index (χ0) is 24.1. The van der Waals surface area contributed by atoms with Gasteiger partial charge in [0.2, 0.25) is 5.82 Å². The van der Waals surface area contributed by atoms with Crippen LogP contribution in [0.3, 0.4) is 0 Å². The lowest BCUT2D eigenvalue weighted by atomic mass is 10.1. The number of nitrogens with two attached hydrogens (primary N) is 1. The first kappa shape index (κ1) is 23.4. The minimum absolute atomic E-state index is 0.138. The van der Waals surface area contributed by atoms with Crippen LogP contribution in [0.2, 0.25) is 10.0 Å². The Hall–Kier alpha value is -3.80. The van der Waals surface area contributed by atoms with E-state index in [4.69, 9.17) is 33.9 Å². The minimum Gasteiger partial charge on any atom is -0.378 e. The number of benzene rings is 1. The molecule has 0 aliphatic carbocycles. The molecule has 0 spiro atoms. The largest absolute Gasteiger partial charge is 0.378 e. The molecule has 3 heterocycles. The summed E-state index contributed by atoms with van der Waals surface area (Å²) in [7, 11) is 0. The molecule has 0 amide bonds.